The highest BCUT2D eigenvalue weighted by Crippen LogP contribution is 2.32. The molecule has 0 aliphatic heterocycles. The van der Waals surface area contributed by atoms with Crippen molar-refractivity contribution in [3.05, 3.63) is 23.5 Å². The van der Waals surface area contributed by atoms with Crippen molar-refractivity contribution in [3.63, 3.8) is 0 Å². The van der Waals surface area contributed by atoms with Crippen molar-refractivity contribution in [2.24, 2.45) is 5.92 Å². The molecule has 0 spiro atoms. The molecule has 1 heterocycles. The van der Waals surface area contributed by atoms with Crippen LogP contribution in [0.3, 0.4) is 0 Å². The van der Waals surface area contributed by atoms with Crippen molar-refractivity contribution in [1.29, 1.82) is 0 Å². The molecular formula is C14H18Cl3NO3. The summed E-state index contributed by atoms with van der Waals surface area (Å²) in [5.74, 6) is -0.776. The Balaban J connectivity index is 3.25. The molecule has 1 aromatic heterocycles. The first kappa shape index (κ1) is 18.3. The predicted molar refractivity (Wildman–Crippen MR) is 84.6 cm³/mol. The van der Waals surface area contributed by atoms with Crippen LogP contribution in [0.1, 0.15) is 54.1 Å². The van der Waals surface area contributed by atoms with E-state index in [0.29, 0.717) is 5.92 Å². The van der Waals surface area contributed by atoms with Gasteiger partial charge in [-0.15, -0.1) is 0 Å². The van der Waals surface area contributed by atoms with Crippen molar-refractivity contribution in [3.8, 4) is 0 Å². The third kappa shape index (κ3) is 4.63. The largest absolute Gasteiger partial charge is 0.464 e. The number of nitrogens with zero attached hydrogens (tertiary/aromatic N) is 1. The summed E-state index contributed by atoms with van der Waals surface area (Å²) in [5, 5.41) is 0. The van der Waals surface area contributed by atoms with Gasteiger partial charge < -0.3 is 9.30 Å². The molecule has 0 fully saturated rings. The fourth-order valence-electron chi connectivity index (χ4n) is 2.20. The number of ketones is 1. The summed E-state index contributed by atoms with van der Waals surface area (Å²) < 4.78 is 4.38. The van der Waals surface area contributed by atoms with Crippen LogP contribution in [0.25, 0.3) is 0 Å². The van der Waals surface area contributed by atoms with Crippen molar-refractivity contribution in [2.45, 2.75) is 37.0 Å². The summed E-state index contributed by atoms with van der Waals surface area (Å²) in [7, 11) is 1.28. The summed E-state index contributed by atoms with van der Waals surface area (Å²) in [6, 6.07) is 1.41. The van der Waals surface area contributed by atoms with Gasteiger partial charge >= 0.3 is 5.97 Å². The Labute approximate surface area is 139 Å². The van der Waals surface area contributed by atoms with Crippen LogP contribution in [-0.2, 0) is 4.74 Å². The molecule has 0 saturated heterocycles. The van der Waals surface area contributed by atoms with E-state index in [4.69, 9.17) is 39.5 Å². The number of carbonyl (C=O) groups is 2. The van der Waals surface area contributed by atoms with E-state index in [1.54, 1.807) is 4.57 Å². The van der Waals surface area contributed by atoms with Gasteiger partial charge in [0.2, 0.25) is 5.78 Å². The van der Waals surface area contributed by atoms with E-state index in [1.165, 1.54) is 19.4 Å². The van der Waals surface area contributed by atoms with Crippen LogP contribution in [0.5, 0.6) is 0 Å². The lowest BCUT2D eigenvalue weighted by Crippen LogP contribution is -2.18. The number of hydrogen-bond acceptors (Lipinski definition) is 3. The Morgan fingerprint density at radius 1 is 1.29 bits per heavy atom. The van der Waals surface area contributed by atoms with Crippen molar-refractivity contribution < 1.29 is 14.3 Å². The van der Waals surface area contributed by atoms with Gasteiger partial charge in [0.25, 0.3) is 3.79 Å². The molecule has 0 bridgehead atoms. The van der Waals surface area contributed by atoms with E-state index in [1.807, 2.05) is 6.92 Å². The highest BCUT2D eigenvalue weighted by molar-refractivity contribution is 6.77. The Kier molecular flexibility index (Phi) is 6.14. The molecule has 7 heteroatoms. The Bertz CT molecular complexity index is 532. The summed E-state index contributed by atoms with van der Waals surface area (Å²) >= 11 is 16.8. The minimum Gasteiger partial charge on any atom is -0.464 e. The maximum Gasteiger partial charge on any atom is 0.354 e. The second kappa shape index (κ2) is 7.03. The number of ether oxygens (including phenoxy) is 1. The third-order valence-corrected chi connectivity index (χ3v) is 3.57. The number of carbonyl (C=O) groups excluding carboxylic acids is 2. The molecule has 0 radical (unpaired) electrons. The summed E-state index contributed by atoms with van der Waals surface area (Å²) in [6.45, 7) is 6.10. The lowest BCUT2D eigenvalue weighted by Gasteiger charge is -2.18. The highest BCUT2D eigenvalue weighted by atomic mass is 35.6. The van der Waals surface area contributed by atoms with Gasteiger partial charge in [0.05, 0.1) is 7.11 Å². The number of hydrogen-bond donors (Lipinski definition) is 0. The maximum atomic E-state index is 12.0. The first-order chi connectivity index (χ1) is 9.57. The number of aromatic nitrogens is 1. The average molecular weight is 355 g/mol. The second-order valence-corrected chi connectivity index (χ2v) is 7.60. The van der Waals surface area contributed by atoms with Crippen LogP contribution >= 0.6 is 34.8 Å². The van der Waals surface area contributed by atoms with E-state index < -0.39 is 15.5 Å². The van der Waals surface area contributed by atoms with Gasteiger partial charge in [0.15, 0.2) is 0 Å². The van der Waals surface area contributed by atoms with Gasteiger partial charge in [-0.2, -0.15) is 0 Å². The number of rotatable bonds is 5. The smallest absolute Gasteiger partial charge is 0.354 e. The molecule has 0 saturated carbocycles. The summed E-state index contributed by atoms with van der Waals surface area (Å²) in [6.07, 6.45) is 2.36. The molecule has 1 unspecified atom stereocenters. The lowest BCUT2D eigenvalue weighted by atomic mass is 10.1. The molecule has 1 aromatic rings. The normalized spacial score (nSPS) is 13.3. The standard InChI is InChI=1S/C14H18Cl3NO3/c1-8(2)5-9(3)18-7-10(12(19)14(15,16)17)6-11(18)13(20)21-4/h6-9H,5H2,1-4H3. The number of alkyl halides is 3. The SMILES string of the molecule is COC(=O)c1cc(C(=O)C(Cl)(Cl)Cl)cn1C(C)CC(C)C. The molecule has 0 amide bonds. The molecular weight excluding hydrogens is 337 g/mol. The van der Waals surface area contributed by atoms with Crippen LogP contribution in [0.15, 0.2) is 12.3 Å². The molecule has 4 nitrogen and oxygen atoms in total. The Morgan fingerprint density at radius 3 is 2.29 bits per heavy atom. The average Bonchev–Trinajstić information content (AvgIpc) is 2.79. The van der Waals surface area contributed by atoms with Crippen molar-refractivity contribution >= 4 is 46.6 Å². The molecule has 1 atom stereocenters. The molecule has 0 aromatic carbocycles. The molecule has 0 aliphatic rings. The summed E-state index contributed by atoms with van der Waals surface area (Å²) in [4.78, 5) is 23.9. The van der Waals surface area contributed by atoms with Crippen LogP contribution in [0.2, 0.25) is 0 Å². The zero-order chi connectivity index (χ0) is 16.4. The number of Topliss-reactive ketones (excluding diaryl/α,β-unsaturated/α-hetero) is 1. The van der Waals surface area contributed by atoms with Gasteiger partial charge in [-0.05, 0) is 25.3 Å². The monoisotopic (exact) mass is 353 g/mol. The predicted octanol–water partition coefficient (Wildman–Crippen LogP) is 4.43. The quantitative estimate of drug-likeness (QED) is 0.446. The van der Waals surface area contributed by atoms with Crippen LogP contribution < -0.4 is 0 Å². The van der Waals surface area contributed by atoms with Crippen LogP contribution in [-0.4, -0.2) is 27.2 Å². The first-order valence-electron chi connectivity index (χ1n) is 6.49. The zero-order valence-corrected chi connectivity index (χ0v) is 14.6. The van der Waals surface area contributed by atoms with E-state index in [9.17, 15) is 9.59 Å². The number of methoxy groups -OCH3 is 1. The van der Waals surface area contributed by atoms with Gasteiger partial charge in [0, 0.05) is 17.8 Å². The van der Waals surface area contributed by atoms with Crippen molar-refractivity contribution in [1.82, 2.24) is 4.57 Å². The molecule has 0 aliphatic carbocycles. The summed E-state index contributed by atoms with van der Waals surface area (Å²) in [5.41, 5.74) is 0.439. The Hall–Kier alpha value is -0.710. The highest BCUT2D eigenvalue weighted by Gasteiger charge is 2.34. The molecule has 21 heavy (non-hydrogen) atoms. The van der Waals surface area contributed by atoms with Gasteiger partial charge in [-0.1, -0.05) is 48.7 Å². The van der Waals surface area contributed by atoms with Crippen LogP contribution in [0, 0.1) is 5.92 Å². The van der Waals surface area contributed by atoms with E-state index >= 15 is 0 Å². The molecule has 118 valence electrons. The minimum absolute atomic E-state index is 0.0102. The van der Waals surface area contributed by atoms with Gasteiger partial charge in [-0.25, -0.2) is 4.79 Å². The molecule has 1 rings (SSSR count). The number of esters is 1. The van der Waals surface area contributed by atoms with Gasteiger partial charge in [-0.3, -0.25) is 4.79 Å². The van der Waals surface area contributed by atoms with Gasteiger partial charge in [0.1, 0.15) is 5.69 Å². The molecule has 0 N–H and O–H groups in total. The fourth-order valence-corrected chi connectivity index (χ4v) is 2.52. The van der Waals surface area contributed by atoms with Crippen LogP contribution in [0.4, 0.5) is 0 Å². The Morgan fingerprint density at radius 2 is 1.86 bits per heavy atom. The van der Waals surface area contributed by atoms with E-state index in [2.05, 4.69) is 13.8 Å². The third-order valence-electron chi connectivity index (χ3n) is 3.05. The topological polar surface area (TPSA) is 48.3 Å². The lowest BCUT2D eigenvalue weighted by molar-refractivity contribution is 0.0585. The van der Waals surface area contributed by atoms with Crippen molar-refractivity contribution in [2.75, 3.05) is 7.11 Å². The second-order valence-electron chi connectivity index (χ2n) is 5.32. The maximum absolute atomic E-state index is 12.0. The minimum atomic E-state index is -2.05. The van der Waals surface area contributed by atoms with E-state index in [0.717, 1.165) is 6.42 Å². The number of halogens is 3. The fraction of sp³-hybridized carbons (Fsp3) is 0.571. The zero-order valence-electron chi connectivity index (χ0n) is 12.3. The van der Waals surface area contributed by atoms with E-state index in [-0.39, 0.29) is 17.3 Å². The first-order valence-corrected chi connectivity index (χ1v) is 7.63.